The van der Waals surface area contributed by atoms with Gasteiger partial charge in [-0.2, -0.15) is 0 Å². The average Bonchev–Trinajstić information content (AvgIpc) is 3.11. The third-order valence-corrected chi connectivity index (χ3v) is 4.04. The number of ether oxygens (including phenoxy) is 1. The molecule has 0 saturated heterocycles. The van der Waals surface area contributed by atoms with Gasteiger partial charge >= 0.3 is 0 Å². The number of Topliss-reactive ketones (excluding diaryl/α,β-unsaturated/α-hetero) is 1. The molecule has 3 heteroatoms. The van der Waals surface area contributed by atoms with Crippen molar-refractivity contribution in [1.82, 2.24) is 4.57 Å². The monoisotopic (exact) mass is 247 g/mol. The van der Waals surface area contributed by atoms with E-state index in [-0.39, 0.29) is 0 Å². The van der Waals surface area contributed by atoms with Crippen molar-refractivity contribution in [2.45, 2.75) is 45.6 Å². The number of carbonyl (C=O) groups is 1. The van der Waals surface area contributed by atoms with Crippen LogP contribution in [-0.2, 0) is 17.7 Å². The number of rotatable bonds is 5. The number of hydrogen-bond donors (Lipinski definition) is 0. The minimum Gasteiger partial charge on any atom is -0.379 e. The summed E-state index contributed by atoms with van der Waals surface area (Å²) >= 11 is 0. The van der Waals surface area contributed by atoms with Crippen LogP contribution in [0.4, 0.5) is 0 Å². The molecule has 0 amide bonds. The van der Waals surface area contributed by atoms with Crippen molar-refractivity contribution in [2.24, 2.45) is 5.92 Å². The van der Waals surface area contributed by atoms with Gasteiger partial charge in [-0.1, -0.05) is 0 Å². The summed E-state index contributed by atoms with van der Waals surface area (Å²) in [6.07, 6.45) is 5.43. The van der Waals surface area contributed by atoms with Crippen molar-refractivity contribution in [3.8, 4) is 0 Å². The number of aromatic nitrogens is 1. The summed E-state index contributed by atoms with van der Waals surface area (Å²) < 4.78 is 7.98. The SMILES string of the molecule is Cc1cc2c(n1CCOCC1CC1)CCCC2=O. The number of carbonyl (C=O) groups excluding carboxylic acids is 1. The first-order chi connectivity index (χ1) is 8.75. The molecule has 18 heavy (non-hydrogen) atoms. The predicted molar refractivity (Wildman–Crippen MR) is 70.0 cm³/mol. The molecule has 0 bridgehead atoms. The molecule has 1 aromatic heterocycles. The second kappa shape index (κ2) is 4.88. The van der Waals surface area contributed by atoms with Gasteiger partial charge in [0.1, 0.15) is 0 Å². The summed E-state index contributed by atoms with van der Waals surface area (Å²) in [6, 6.07) is 2.05. The highest BCUT2D eigenvalue weighted by Gasteiger charge is 2.23. The second-order valence-electron chi connectivity index (χ2n) is 5.59. The lowest BCUT2D eigenvalue weighted by atomic mass is 9.97. The van der Waals surface area contributed by atoms with Gasteiger partial charge in [0, 0.05) is 36.5 Å². The zero-order chi connectivity index (χ0) is 12.5. The smallest absolute Gasteiger partial charge is 0.164 e. The molecule has 2 aliphatic carbocycles. The molecule has 0 atom stereocenters. The number of ketones is 1. The van der Waals surface area contributed by atoms with E-state index in [1.165, 1.54) is 24.2 Å². The molecule has 0 spiro atoms. The van der Waals surface area contributed by atoms with Crippen LogP contribution in [-0.4, -0.2) is 23.6 Å². The standard InChI is InChI=1S/C15H21NO2/c1-11-9-13-14(3-2-4-15(13)17)16(11)7-8-18-10-12-5-6-12/h9,12H,2-8,10H2,1H3. The molecular formula is C15H21NO2. The van der Waals surface area contributed by atoms with Crippen LogP contribution in [0.5, 0.6) is 0 Å². The van der Waals surface area contributed by atoms with Crippen molar-refractivity contribution >= 4 is 5.78 Å². The summed E-state index contributed by atoms with van der Waals surface area (Å²) in [5.41, 5.74) is 3.39. The van der Waals surface area contributed by atoms with E-state index in [0.717, 1.165) is 44.1 Å². The Bertz CT molecular complexity index is 457. The van der Waals surface area contributed by atoms with E-state index in [9.17, 15) is 4.79 Å². The van der Waals surface area contributed by atoms with E-state index in [1.54, 1.807) is 0 Å². The summed E-state index contributed by atoms with van der Waals surface area (Å²) in [5.74, 6) is 1.14. The topological polar surface area (TPSA) is 31.2 Å². The maximum Gasteiger partial charge on any atom is 0.164 e. The van der Waals surface area contributed by atoms with E-state index >= 15 is 0 Å². The van der Waals surface area contributed by atoms with Crippen LogP contribution in [0.25, 0.3) is 0 Å². The number of hydrogen-bond acceptors (Lipinski definition) is 2. The molecular weight excluding hydrogens is 226 g/mol. The molecule has 0 radical (unpaired) electrons. The first kappa shape index (κ1) is 12.0. The molecule has 0 aromatic carbocycles. The van der Waals surface area contributed by atoms with Gasteiger partial charge in [-0.25, -0.2) is 0 Å². The van der Waals surface area contributed by atoms with E-state index in [4.69, 9.17) is 4.74 Å². The van der Waals surface area contributed by atoms with Gasteiger partial charge in [-0.15, -0.1) is 0 Å². The third kappa shape index (κ3) is 2.37. The first-order valence-electron chi connectivity index (χ1n) is 7.05. The van der Waals surface area contributed by atoms with Crippen LogP contribution in [0.1, 0.15) is 47.4 Å². The fourth-order valence-corrected chi connectivity index (χ4v) is 2.79. The van der Waals surface area contributed by atoms with Gasteiger partial charge in [0.25, 0.3) is 0 Å². The molecule has 0 aliphatic heterocycles. The minimum atomic E-state index is 0.317. The van der Waals surface area contributed by atoms with Gasteiger partial charge < -0.3 is 9.30 Å². The van der Waals surface area contributed by atoms with Crippen LogP contribution < -0.4 is 0 Å². The summed E-state index contributed by atoms with van der Waals surface area (Å²) in [7, 11) is 0. The Labute approximate surface area is 108 Å². The van der Waals surface area contributed by atoms with Gasteiger partial charge in [-0.05, 0) is 44.6 Å². The Hall–Kier alpha value is -1.09. The molecule has 2 aliphatic rings. The second-order valence-corrected chi connectivity index (χ2v) is 5.59. The highest BCUT2D eigenvalue weighted by molar-refractivity contribution is 5.98. The Morgan fingerprint density at radius 2 is 2.22 bits per heavy atom. The van der Waals surface area contributed by atoms with Crippen LogP contribution >= 0.6 is 0 Å². The molecule has 3 rings (SSSR count). The Balaban J connectivity index is 1.65. The van der Waals surface area contributed by atoms with Crippen LogP contribution in [0.2, 0.25) is 0 Å². The molecule has 98 valence electrons. The zero-order valence-electron chi connectivity index (χ0n) is 11.1. The summed E-state index contributed by atoms with van der Waals surface area (Å²) in [5, 5.41) is 0. The molecule has 1 aromatic rings. The lowest BCUT2D eigenvalue weighted by Gasteiger charge is -2.16. The maximum absolute atomic E-state index is 11.8. The number of fused-ring (bicyclic) bond motifs is 1. The van der Waals surface area contributed by atoms with E-state index in [2.05, 4.69) is 17.6 Å². The van der Waals surface area contributed by atoms with E-state index in [0.29, 0.717) is 12.2 Å². The fraction of sp³-hybridized carbons (Fsp3) is 0.667. The predicted octanol–water partition coefficient (Wildman–Crippen LogP) is 2.74. The quantitative estimate of drug-likeness (QED) is 0.749. The Morgan fingerprint density at radius 3 is 3.00 bits per heavy atom. The summed E-state index contributed by atoms with van der Waals surface area (Å²) in [4.78, 5) is 11.8. The van der Waals surface area contributed by atoms with Crippen LogP contribution in [0, 0.1) is 12.8 Å². The molecule has 1 fully saturated rings. The minimum absolute atomic E-state index is 0.317. The maximum atomic E-state index is 11.8. The average molecular weight is 247 g/mol. The van der Waals surface area contributed by atoms with Crippen molar-refractivity contribution in [3.05, 3.63) is 23.0 Å². The van der Waals surface area contributed by atoms with Crippen molar-refractivity contribution in [1.29, 1.82) is 0 Å². The fourth-order valence-electron chi connectivity index (χ4n) is 2.79. The van der Waals surface area contributed by atoms with E-state index in [1.807, 2.05) is 0 Å². The first-order valence-corrected chi connectivity index (χ1v) is 7.05. The highest BCUT2D eigenvalue weighted by atomic mass is 16.5. The Morgan fingerprint density at radius 1 is 1.39 bits per heavy atom. The normalized spacial score (nSPS) is 19.1. The lowest BCUT2D eigenvalue weighted by molar-refractivity contribution is 0.0969. The van der Waals surface area contributed by atoms with Crippen LogP contribution in [0.3, 0.4) is 0 Å². The molecule has 3 nitrogen and oxygen atoms in total. The van der Waals surface area contributed by atoms with Crippen LogP contribution in [0.15, 0.2) is 6.07 Å². The molecule has 1 saturated carbocycles. The van der Waals surface area contributed by atoms with Gasteiger partial charge in [-0.3, -0.25) is 4.79 Å². The summed E-state index contributed by atoms with van der Waals surface area (Å²) in [6.45, 7) is 4.67. The molecule has 0 N–H and O–H groups in total. The van der Waals surface area contributed by atoms with Crippen molar-refractivity contribution in [3.63, 3.8) is 0 Å². The molecule has 1 heterocycles. The van der Waals surface area contributed by atoms with Gasteiger partial charge in [0.2, 0.25) is 0 Å². The number of nitrogens with zero attached hydrogens (tertiary/aromatic N) is 1. The largest absolute Gasteiger partial charge is 0.379 e. The zero-order valence-corrected chi connectivity index (χ0v) is 11.1. The lowest BCUT2D eigenvalue weighted by Crippen LogP contribution is -2.16. The van der Waals surface area contributed by atoms with Crippen molar-refractivity contribution in [2.75, 3.05) is 13.2 Å². The highest BCUT2D eigenvalue weighted by Crippen LogP contribution is 2.29. The number of aryl methyl sites for hydroxylation is 1. The van der Waals surface area contributed by atoms with E-state index < -0.39 is 0 Å². The Kier molecular flexibility index (Phi) is 3.25. The van der Waals surface area contributed by atoms with Crippen molar-refractivity contribution < 1.29 is 9.53 Å². The van der Waals surface area contributed by atoms with Gasteiger partial charge in [0.15, 0.2) is 5.78 Å². The molecule has 0 unspecified atom stereocenters. The third-order valence-electron chi connectivity index (χ3n) is 4.04. The van der Waals surface area contributed by atoms with Gasteiger partial charge in [0.05, 0.1) is 6.61 Å².